The van der Waals surface area contributed by atoms with E-state index in [-0.39, 0.29) is 22.3 Å². The highest BCUT2D eigenvalue weighted by Crippen LogP contribution is 2.30. The smallest absolute Gasteiger partial charge is 0.263 e. The lowest BCUT2D eigenvalue weighted by Gasteiger charge is -2.08. The monoisotopic (exact) mass is 340 g/mol. The van der Waals surface area contributed by atoms with Gasteiger partial charge < -0.3 is 0 Å². The number of nitriles is 1. The molecule has 3 rings (SSSR count). The summed E-state index contributed by atoms with van der Waals surface area (Å²) in [4.78, 5) is 40.8. The molecule has 1 atom stereocenters. The molecule has 0 saturated heterocycles. The zero-order valence-corrected chi connectivity index (χ0v) is 12.7. The van der Waals surface area contributed by atoms with Crippen molar-refractivity contribution in [3.8, 4) is 6.07 Å². The minimum Gasteiger partial charge on any atom is -0.294 e. The van der Waals surface area contributed by atoms with Gasteiger partial charge in [0.05, 0.1) is 17.6 Å². The minimum absolute atomic E-state index is 0.0855. The van der Waals surface area contributed by atoms with Gasteiger partial charge in [-0.05, 0) is 24.3 Å². The van der Waals surface area contributed by atoms with Crippen molar-refractivity contribution < 1.29 is 23.2 Å². The lowest BCUT2D eigenvalue weighted by atomic mass is 9.93. The fourth-order valence-corrected chi connectivity index (χ4v) is 2.79. The van der Waals surface area contributed by atoms with E-state index in [4.69, 9.17) is 5.26 Å². The van der Waals surface area contributed by atoms with Crippen LogP contribution in [0.15, 0.2) is 36.7 Å². The van der Waals surface area contributed by atoms with Crippen molar-refractivity contribution in [1.29, 1.82) is 5.26 Å². The highest BCUT2D eigenvalue weighted by atomic mass is 19.3. The Labute approximate surface area is 140 Å². The van der Waals surface area contributed by atoms with E-state index in [1.165, 1.54) is 24.5 Å². The second-order valence-corrected chi connectivity index (χ2v) is 5.59. The molecule has 1 aromatic carbocycles. The molecule has 5 nitrogen and oxygen atoms in total. The number of halogens is 2. The summed E-state index contributed by atoms with van der Waals surface area (Å²) in [6.07, 6.45) is -0.640. The Morgan fingerprint density at radius 1 is 1.20 bits per heavy atom. The van der Waals surface area contributed by atoms with Crippen molar-refractivity contribution >= 4 is 17.3 Å². The molecular weight excluding hydrogens is 330 g/mol. The van der Waals surface area contributed by atoms with E-state index in [1.54, 1.807) is 6.07 Å². The predicted octanol–water partition coefficient (Wildman–Crippen LogP) is 3.16. The van der Waals surface area contributed by atoms with E-state index in [0.29, 0.717) is 0 Å². The van der Waals surface area contributed by atoms with E-state index >= 15 is 0 Å². The first-order chi connectivity index (χ1) is 11.9. The molecule has 124 valence electrons. The summed E-state index contributed by atoms with van der Waals surface area (Å²) in [6.45, 7) is 0. The Bertz CT molecular complexity index is 913. The number of rotatable bonds is 4. The number of ketones is 3. The number of Topliss-reactive ketones (excluding diaryl/α,β-unsaturated/α-hetero) is 3. The van der Waals surface area contributed by atoms with E-state index in [0.717, 1.165) is 12.1 Å². The number of fused-ring (bicyclic) bond motifs is 1. The molecular formula is C18H10F2N2O3. The molecule has 1 unspecified atom stereocenters. The summed E-state index contributed by atoms with van der Waals surface area (Å²) in [6, 6.07) is 6.27. The summed E-state index contributed by atoms with van der Waals surface area (Å²) in [5, 5.41) is 8.92. The Morgan fingerprint density at radius 2 is 1.92 bits per heavy atom. The van der Waals surface area contributed by atoms with Gasteiger partial charge in [0.25, 0.3) is 6.43 Å². The molecule has 1 heterocycles. The van der Waals surface area contributed by atoms with Gasteiger partial charge in [0.2, 0.25) is 0 Å². The number of carbonyl (C=O) groups excluding carboxylic acids is 3. The zero-order valence-electron chi connectivity index (χ0n) is 12.7. The number of hydrogen-bond acceptors (Lipinski definition) is 5. The normalized spacial score (nSPS) is 16.0. The summed E-state index contributed by atoms with van der Waals surface area (Å²) >= 11 is 0. The summed E-state index contributed by atoms with van der Waals surface area (Å²) < 4.78 is 25.8. The summed E-state index contributed by atoms with van der Waals surface area (Å²) in [5.41, 5.74) is -0.304. The van der Waals surface area contributed by atoms with Gasteiger partial charge in [-0.15, -0.1) is 0 Å². The third-order valence-corrected chi connectivity index (χ3v) is 4.03. The van der Waals surface area contributed by atoms with E-state index in [9.17, 15) is 23.2 Å². The maximum atomic E-state index is 12.9. The molecule has 1 aromatic heterocycles. The Morgan fingerprint density at radius 3 is 2.56 bits per heavy atom. The van der Waals surface area contributed by atoms with Crippen molar-refractivity contribution in [2.75, 3.05) is 0 Å². The highest BCUT2D eigenvalue weighted by Gasteiger charge is 2.39. The van der Waals surface area contributed by atoms with E-state index in [2.05, 4.69) is 4.98 Å². The molecule has 2 aromatic rings. The number of nitrogens with zero attached hydrogens (tertiary/aromatic N) is 2. The fraction of sp³-hybridized carbons (Fsp3) is 0.167. The van der Waals surface area contributed by atoms with Gasteiger partial charge in [0.15, 0.2) is 17.3 Å². The molecule has 0 spiro atoms. The van der Waals surface area contributed by atoms with Gasteiger partial charge in [-0.2, -0.15) is 5.26 Å². The third kappa shape index (κ3) is 2.94. The van der Waals surface area contributed by atoms with Crippen molar-refractivity contribution in [2.45, 2.75) is 12.8 Å². The first-order valence-electron chi connectivity index (χ1n) is 7.31. The van der Waals surface area contributed by atoms with Crippen molar-refractivity contribution in [3.05, 3.63) is 64.5 Å². The first kappa shape index (κ1) is 16.6. The van der Waals surface area contributed by atoms with Crippen LogP contribution in [0.2, 0.25) is 0 Å². The molecule has 0 radical (unpaired) electrons. The standard InChI is InChI=1S/C18H10F2N2O3/c19-18(20)11-4-9(7-21)3-10(5-11)15(23)6-13-16(24)12-1-2-22-8-14(12)17(13)25/h1-5,8,13,18H,6H2. The van der Waals surface area contributed by atoms with Crippen molar-refractivity contribution in [2.24, 2.45) is 5.92 Å². The largest absolute Gasteiger partial charge is 0.294 e. The Balaban J connectivity index is 1.89. The lowest BCUT2D eigenvalue weighted by molar-refractivity contribution is 0.0785. The zero-order chi connectivity index (χ0) is 18.1. The molecule has 7 heteroatoms. The van der Waals surface area contributed by atoms with Gasteiger partial charge in [0.1, 0.15) is 0 Å². The second kappa shape index (κ2) is 6.32. The molecule has 0 fully saturated rings. The van der Waals surface area contributed by atoms with Crippen molar-refractivity contribution in [3.63, 3.8) is 0 Å². The maximum Gasteiger partial charge on any atom is 0.263 e. The van der Waals surface area contributed by atoms with Crippen LogP contribution in [0.3, 0.4) is 0 Å². The molecule has 25 heavy (non-hydrogen) atoms. The summed E-state index contributed by atoms with van der Waals surface area (Å²) in [7, 11) is 0. The van der Waals surface area contributed by atoms with Gasteiger partial charge in [-0.3, -0.25) is 19.4 Å². The van der Waals surface area contributed by atoms with Crippen LogP contribution in [0.5, 0.6) is 0 Å². The first-order valence-corrected chi connectivity index (χ1v) is 7.31. The topological polar surface area (TPSA) is 87.9 Å². The Hall–Kier alpha value is -3.27. The SMILES string of the molecule is N#Cc1cc(C(=O)CC2C(=O)c3ccncc3C2=O)cc(C(F)F)c1. The molecule has 0 saturated carbocycles. The van der Waals surface area contributed by atoms with Gasteiger partial charge in [-0.1, -0.05) is 0 Å². The van der Waals surface area contributed by atoms with Crippen LogP contribution in [0.4, 0.5) is 8.78 Å². The van der Waals surface area contributed by atoms with E-state index in [1.807, 2.05) is 0 Å². The van der Waals surface area contributed by atoms with Gasteiger partial charge in [0, 0.05) is 41.1 Å². The number of carbonyl (C=O) groups is 3. The quantitative estimate of drug-likeness (QED) is 0.630. The van der Waals surface area contributed by atoms with Crippen LogP contribution in [-0.4, -0.2) is 22.3 Å². The van der Waals surface area contributed by atoms with Crippen LogP contribution >= 0.6 is 0 Å². The maximum absolute atomic E-state index is 12.9. The Kier molecular flexibility index (Phi) is 4.19. The van der Waals surface area contributed by atoms with Crippen LogP contribution in [-0.2, 0) is 0 Å². The molecule has 1 aliphatic rings. The number of alkyl halides is 2. The second-order valence-electron chi connectivity index (χ2n) is 5.59. The van der Waals surface area contributed by atoms with Crippen LogP contribution in [0.25, 0.3) is 0 Å². The average molecular weight is 340 g/mol. The molecule has 0 aliphatic heterocycles. The number of benzene rings is 1. The number of hydrogen-bond donors (Lipinski definition) is 0. The van der Waals surface area contributed by atoms with Crippen LogP contribution in [0.1, 0.15) is 55.0 Å². The van der Waals surface area contributed by atoms with Gasteiger partial charge >= 0.3 is 0 Å². The minimum atomic E-state index is -2.84. The molecule has 0 N–H and O–H groups in total. The average Bonchev–Trinajstić information content (AvgIpc) is 2.86. The predicted molar refractivity (Wildman–Crippen MR) is 81.4 cm³/mol. The number of pyridine rings is 1. The lowest BCUT2D eigenvalue weighted by Crippen LogP contribution is -2.19. The van der Waals surface area contributed by atoms with Crippen LogP contribution in [0, 0.1) is 17.2 Å². The van der Waals surface area contributed by atoms with E-state index < -0.39 is 41.7 Å². The van der Waals surface area contributed by atoms with Crippen LogP contribution < -0.4 is 0 Å². The third-order valence-electron chi connectivity index (χ3n) is 4.03. The molecule has 1 aliphatic carbocycles. The molecule has 0 amide bonds. The fourth-order valence-electron chi connectivity index (χ4n) is 2.79. The number of aromatic nitrogens is 1. The van der Waals surface area contributed by atoms with Gasteiger partial charge in [-0.25, -0.2) is 8.78 Å². The highest BCUT2D eigenvalue weighted by molar-refractivity contribution is 6.27. The van der Waals surface area contributed by atoms with Crippen molar-refractivity contribution in [1.82, 2.24) is 4.98 Å². The summed E-state index contributed by atoms with van der Waals surface area (Å²) in [5.74, 6) is -2.83. The molecule has 0 bridgehead atoms.